The average Bonchev–Trinajstić information content (AvgIpc) is 3.50. The normalized spacial score (nSPS) is 14.1. The number of fused-ring (bicyclic) bond motifs is 3. The average molecular weight is 479 g/mol. The second-order valence-corrected chi connectivity index (χ2v) is 9.25. The minimum Gasteiger partial charge on any atom is -0.493 e. The fourth-order valence-electron chi connectivity index (χ4n) is 4.50. The molecule has 34 heavy (non-hydrogen) atoms. The number of carbonyl (C=O) groups is 1. The van der Waals surface area contributed by atoms with Gasteiger partial charge in [0, 0.05) is 23.0 Å². The molecule has 0 radical (unpaired) electrons. The third kappa shape index (κ3) is 4.11. The first kappa shape index (κ1) is 22.3. The van der Waals surface area contributed by atoms with E-state index >= 15 is 0 Å². The number of hydrogen-bond acceptors (Lipinski definition) is 6. The highest BCUT2D eigenvalue weighted by atomic mass is 32.2. The Hall–Kier alpha value is -3.46. The predicted octanol–water partition coefficient (Wildman–Crippen LogP) is 4.04. The van der Waals surface area contributed by atoms with E-state index in [0.29, 0.717) is 33.4 Å². The molecule has 1 aliphatic carbocycles. The molecule has 176 valence electrons. The molecular weight excluding hydrogens is 452 g/mol. The van der Waals surface area contributed by atoms with Crippen LogP contribution in [0.1, 0.15) is 25.7 Å². The molecule has 4 aromatic rings. The van der Waals surface area contributed by atoms with E-state index in [4.69, 9.17) is 14.5 Å². The number of rotatable bonds is 7. The van der Waals surface area contributed by atoms with Crippen LogP contribution in [0, 0.1) is 0 Å². The van der Waals surface area contributed by atoms with Crippen molar-refractivity contribution in [3.05, 3.63) is 52.8 Å². The fraction of sp³-hybridized carbons (Fsp3) is 0.320. The van der Waals surface area contributed by atoms with Gasteiger partial charge in [-0.3, -0.25) is 14.2 Å². The largest absolute Gasteiger partial charge is 0.493 e. The first-order chi connectivity index (χ1) is 16.6. The quantitative estimate of drug-likeness (QED) is 0.307. The molecular formula is C25H26N4O4S. The van der Waals surface area contributed by atoms with E-state index < -0.39 is 0 Å². The van der Waals surface area contributed by atoms with Gasteiger partial charge in [0.25, 0.3) is 5.56 Å². The number of benzene rings is 2. The van der Waals surface area contributed by atoms with Gasteiger partial charge in [-0.15, -0.1) is 0 Å². The summed E-state index contributed by atoms with van der Waals surface area (Å²) in [6.07, 6.45) is 4.34. The van der Waals surface area contributed by atoms with Crippen LogP contribution in [0.4, 0.5) is 0 Å². The number of nitrogens with zero attached hydrogens (tertiary/aromatic N) is 2. The molecule has 0 unspecified atom stereocenters. The van der Waals surface area contributed by atoms with E-state index in [-0.39, 0.29) is 23.3 Å². The molecule has 5 rings (SSSR count). The van der Waals surface area contributed by atoms with Gasteiger partial charge in [-0.2, -0.15) is 0 Å². The molecule has 9 heteroatoms. The van der Waals surface area contributed by atoms with E-state index in [9.17, 15) is 9.59 Å². The van der Waals surface area contributed by atoms with Gasteiger partial charge in [-0.1, -0.05) is 42.8 Å². The van der Waals surface area contributed by atoms with Crippen molar-refractivity contribution in [2.24, 2.45) is 0 Å². The molecule has 1 saturated carbocycles. The maximum atomic E-state index is 13.7. The molecule has 2 N–H and O–H groups in total. The molecule has 1 amide bonds. The first-order valence-electron chi connectivity index (χ1n) is 11.3. The summed E-state index contributed by atoms with van der Waals surface area (Å²) in [4.78, 5) is 34.4. The van der Waals surface area contributed by atoms with Crippen molar-refractivity contribution >= 4 is 39.6 Å². The molecule has 0 atom stereocenters. The van der Waals surface area contributed by atoms with Gasteiger partial charge in [0.2, 0.25) is 5.91 Å². The summed E-state index contributed by atoms with van der Waals surface area (Å²) in [5.41, 5.74) is 2.18. The highest BCUT2D eigenvalue weighted by molar-refractivity contribution is 7.99. The van der Waals surface area contributed by atoms with Crippen LogP contribution in [-0.2, 0) is 4.79 Å². The Labute approximate surface area is 200 Å². The van der Waals surface area contributed by atoms with Crippen molar-refractivity contribution in [1.29, 1.82) is 0 Å². The van der Waals surface area contributed by atoms with Crippen molar-refractivity contribution in [2.45, 2.75) is 36.9 Å². The van der Waals surface area contributed by atoms with Gasteiger partial charge >= 0.3 is 0 Å². The topological polar surface area (TPSA) is 98.2 Å². The van der Waals surface area contributed by atoms with Gasteiger partial charge in [0.05, 0.1) is 25.7 Å². The summed E-state index contributed by atoms with van der Waals surface area (Å²) in [5, 5.41) is 4.41. The fourth-order valence-corrected chi connectivity index (χ4v) is 5.32. The summed E-state index contributed by atoms with van der Waals surface area (Å²) in [7, 11) is 3.11. The van der Waals surface area contributed by atoms with E-state index in [1.807, 2.05) is 24.3 Å². The van der Waals surface area contributed by atoms with Crippen LogP contribution in [0.3, 0.4) is 0 Å². The minimum atomic E-state index is -0.243. The number of ether oxygens (including phenoxy) is 2. The molecule has 2 aromatic heterocycles. The summed E-state index contributed by atoms with van der Waals surface area (Å²) in [5.74, 6) is 1.18. The summed E-state index contributed by atoms with van der Waals surface area (Å²) < 4.78 is 12.3. The number of para-hydroxylation sites is 1. The summed E-state index contributed by atoms with van der Waals surface area (Å²) >= 11 is 1.25. The van der Waals surface area contributed by atoms with Crippen LogP contribution < -0.4 is 20.3 Å². The van der Waals surface area contributed by atoms with Gasteiger partial charge in [0.1, 0.15) is 11.0 Å². The Morgan fingerprint density at radius 1 is 1.15 bits per heavy atom. The molecule has 8 nitrogen and oxygen atoms in total. The van der Waals surface area contributed by atoms with E-state index in [1.54, 1.807) is 32.4 Å². The van der Waals surface area contributed by atoms with Crippen LogP contribution in [0.2, 0.25) is 0 Å². The molecule has 0 spiro atoms. The monoisotopic (exact) mass is 478 g/mol. The van der Waals surface area contributed by atoms with Gasteiger partial charge in [-0.25, -0.2) is 4.98 Å². The number of carbonyl (C=O) groups excluding carboxylic acids is 1. The molecule has 2 aromatic carbocycles. The van der Waals surface area contributed by atoms with E-state index in [0.717, 1.165) is 36.6 Å². The number of methoxy groups -OCH3 is 2. The molecule has 0 saturated heterocycles. The number of hydrogen-bond donors (Lipinski definition) is 2. The second kappa shape index (κ2) is 9.42. The maximum Gasteiger partial charge on any atom is 0.283 e. The lowest BCUT2D eigenvalue weighted by atomic mass is 10.2. The molecule has 0 bridgehead atoms. The number of nitrogens with one attached hydrogen (secondary N) is 2. The number of thioether (sulfide) groups is 1. The van der Waals surface area contributed by atoms with Crippen LogP contribution in [0.25, 0.3) is 27.6 Å². The highest BCUT2D eigenvalue weighted by Gasteiger charge is 2.21. The molecule has 2 heterocycles. The zero-order chi connectivity index (χ0) is 23.7. The standard InChI is InChI=1S/C25H26N4O4S/c1-32-19-12-11-16(13-20(19)33-2)29-24(31)23-22(17-9-5-6-10-18(17)27-23)28-25(29)34-14-21(30)26-15-7-3-4-8-15/h5-6,9-13,15,27H,3-4,7-8,14H2,1-2H3,(H,26,30). The summed E-state index contributed by atoms with van der Waals surface area (Å²) in [6, 6.07) is 13.2. The zero-order valence-electron chi connectivity index (χ0n) is 19.1. The number of H-pyrrole nitrogens is 1. The Bertz CT molecular complexity index is 1420. The zero-order valence-corrected chi connectivity index (χ0v) is 19.9. The highest BCUT2D eigenvalue weighted by Crippen LogP contribution is 2.31. The smallest absolute Gasteiger partial charge is 0.283 e. The number of aromatic nitrogens is 3. The SMILES string of the molecule is COc1ccc(-n2c(SCC(=O)NC3CCCC3)nc3c([nH]c4ccccc43)c2=O)cc1OC. The van der Waals surface area contributed by atoms with Crippen molar-refractivity contribution in [3.63, 3.8) is 0 Å². The van der Waals surface area contributed by atoms with Crippen molar-refractivity contribution in [2.75, 3.05) is 20.0 Å². The van der Waals surface area contributed by atoms with Crippen molar-refractivity contribution in [3.8, 4) is 17.2 Å². The predicted molar refractivity (Wildman–Crippen MR) is 133 cm³/mol. The van der Waals surface area contributed by atoms with Crippen molar-refractivity contribution in [1.82, 2.24) is 19.9 Å². The van der Waals surface area contributed by atoms with Crippen LogP contribution >= 0.6 is 11.8 Å². The number of aromatic amines is 1. The van der Waals surface area contributed by atoms with E-state index in [2.05, 4.69) is 10.3 Å². The minimum absolute atomic E-state index is 0.0518. The summed E-state index contributed by atoms with van der Waals surface area (Å²) in [6.45, 7) is 0. The number of amides is 1. The Balaban J connectivity index is 1.60. The molecule has 0 aliphatic heterocycles. The Kier molecular flexibility index (Phi) is 6.19. The van der Waals surface area contributed by atoms with Crippen molar-refractivity contribution < 1.29 is 14.3 Å². The van der Waals surface area contributed by atoms with Crippen LogP contribution in [-0.4, -0.2) is 46.5 Å². The van der Waals surface area contributed by atoms with E-state index in [1.165, 1.54) is 16.3 Å². The molecule has 1 fully saturated rings. The lowest BCUT2D eigenvalue weighted by Gasteiger charge is -2.15. The lowest BCUT2D eigenvalue weighted by molar-refractivity contribution is -0.119. The lowest BCUT2D eigenvalue weighted by Crippen LogP contribution is -2.34. The van der Waals surface area contributed by atoms with Crippen LogP contribution in [0.5, 0.6) is 11.5 Å². The third-order valence-corrected chi connectivity index (χ3v) is 7.11. The van der Waals surface area contributed by atoms with Crippen LogP contribution in [0.15, 0.2) is 52.4 Å². The van der Waals surface area contributed by atoms with Gasteiger partial charge in [0.15, 0.2) is 16.7 Å². The third-order valence-electron chi connectivity index (χ3n) is 6.17. The maximum absolute atomic E-state index is 13.7. The van der Waals surface area contributed by atoms with Gasteiger partial charge < -0.3 is 19.8 Å². The first-order valence-corrected chi connectivity index (χ1v) is 12.3. The Morgan fingerprint density at radius 3 is 2.68 bits per heavy atom. The Morgan fingerprint density at radius 2 is 1.91 bits per heavy atom. The molecule has 1 aliphatic rings. The second-order valence-electron chi connectivity index (χ2n) is 8.31. The van der Waals surface area contributed by atoms with Gasteiger partial charge in [-0.05, 0) is 31.0 Å².